The van der Waals surface area contributed by atoms with Gasteiger partial charge in [-0.05, 0) is 19.0 Å². The summed E-state index contributed by atoms with van der Waals surface area (Å²) in [5.74, 6) is 0. The lowest BCUT2D eigenvalue weighted by Crippen LogP contribution is -2.21. The van der Waals surface area contributed by atoms with Gasteiger partial charge in [0.05, 0.1) is 5.69 Å². The average Bonchev–Trinajstić information content (AvgIpc) is 2.73. The summed E-state index contributed by atoms with van der Waals surface area (Å²) in [5.41, 5.74) is 7.88. The molecule has 0 aliphatic rings. The van der Waals surface area contributed by atoms with Crippen LogP contribution < -0.4 is 10.6 Å². The molecule has 0 radical (unpaired) electrons. The molecule has 2 heterocycles. The number of nitrogens with zero attached hydrogens (tertiary/aromatic N) is 3. The minimum Gasteiger partial charge on any atom is -0.425 e. The monoisotopic (exact) mass is 206 g/mol. The van der Waals surface area contributed by atoms with Crippen LogP contribution in [0.3, 0.4) is 0 Å². The molecule has 15 heavy (non-hydrogen) atoms. The van der Waals surface area contributed by atoms with Gasteiger partial charge in [0.2, 0.25) is 5.71 Å². The molecule has 0 saturated heterocycles. The molecule has 0 saturated carbocycles. The van der Waals surface area contributed by atoms with Crippen LogP contribution >= 0.6 is 0 Å². The first kappa shape index (κ1) is 9.92. The minimum absolute atomic E-state index is 0.576. The quantitative estimate of drug-likeness (QED) is 0.808. The summed E-state index contributed by atoms with van der Waals surface area (Å²) >= 11 is 0. The normalized spacial score (nSPS) is 10.8. The van der Waals surface area contributed by atoms with Crippen molar-refractivity contribution in [3.63, 3.8) is 0 Å². The zero-order chi connectivity index (χ0) is 10.7. The molecule has 2 rings (SSSR count). The average molecular weight is 206 g/mol. The van der Waals surface area contributed by atoms with Crippen LogP contribution in [-0.2, 0) is 0 Å². The lowest BCUT2D eigenvalue weighted by molar-refractivity contribution is 0.590. The fraction of sp³-hybridized carbons (Fsp3) is 0.400. The Morgan fingerprint density at radius 3 is 3.13 bits per heavy atom. The molecule has 2 N–H and O–H groups in total. The van der Waals surface area contributed by atoms with Crippen molar-refractivity contribution < 1.29 is 4.42 Å². The van der Waals surface area contributed by atoms with Gasteiger partial charge in [-0.15, -0.1) is 0 Å². The second-order valence-electron chi connectivity index (χ2n) is 3.40. The van der Waals surface area contributed by atoms with Crippen LogP contribution in [0.25, 0.3) is 11.2 Å². The second-order valence-corrected chi connectivity index (χ2v) is 3.40. The fourth-order valence-electron chi connectivity index (χ4n) is 1.52. The standard InChI is InChI=1S/C10H14N4O/c1-14(6-2-4-11)8-3-5-12-10-9(8)13-7-15-10/h3,5,7H,2,4,6,11H2,1H3. The molecule has 0 amide bonds. The van der Waals surface area contributed by atoms with E-state index in [-0.39, 0.29) is 0 Å². The Kier molecular flexibility index (Phi) is 2.82. The first-order valence-electron chi connectivity index (χ1n) is 4.92. The number of aromatic nitrogens is 2. The zero-order valence-corrected chi connectivity index (χ0v) is 8.68. The van der Waals surface area contributed by atoms with Crippen LogP contribution in [0.15, 0.2) is 23.1 Å². The highest BCUT2D eigenvalue weighted by molar-refractivity contribution is 5.83. The van der Waals surface area contributed by atoms with Crippen molar-refractivity contribution in [2.75, 3.05) is 25.0 Å². The number of nitrogens with two attached hydrogens (primary N) is 1. The van der Waals surface area contributed by atoms with Crippen molar-refractivity contribution in [3.05, 3.63) is 18.7 Å². The van der Waals surface area contributed by atoms with Gasteiger partial charge >= 0.3 is 0 Å². The van der Waals surface area contributed by atoms with Crippen molar-refractivity contribution >= 4 is 16.9 Å². The number of anilines is 1. The minimum atomic E-state index is 0.576. The summed E-state index contributed by atoms with van der Waals surface area (Å²) < 4.78 is 5.14. The van der Waals surface area contributed by atoms with Gasteiger partial charge in [-0.25, -0.2) is 9.97 Å². The maximum absolute atomic E-state index is 5.47. The first-order valence-corrected chi connectivity index (χ1v) is 4.92. The van der Waals surface area contributed by atoms with Crippen LogP contribution in [0, 0.1) is 0 Å². The highest BCUT2D eigenvalue weighted by Gasteiger charge is 2.09. The van der Waals surface area contributed by atoms with Crippen molar-refractivity contribution in [3.8, 4) is 0 Å². The Morgan fingerprint density at radius 2 is 2.33 bits per heavy atom. The van der Waals surface area contributed by atoms with E-state index in [1.807, 2.05) is 13.1 Å². The van der Waals surface area contributed by atoms with Gasteiger partial charge in [0.25, 0.3) is 0 Å². The third-order valence-corrected chi connectivity index (χ3v) is 2.32. The van der Waals surface area contributed by atoms with E-state index in [0.29, 0.717) is 12.3 Å². The Morgan fingerprint density at radius 1 is 1.47 bits per heavy atom. The predicted octanol–water partition coefficient (Wildman–Crippen LogP) is 1.01. The summed E-state index contributed by atoms with van der Waals surface area (Å²) in [4.78, 5) is 10.3. The topological polar surface area (TPSA) is 68.2 Å². The summed E-state index contributed by atoms with van der Waals surface area (Å²) in [6.45, 7) is 1.60. The molecule has 0 unspecified atom stereocenters. The number of fused-ring (bicyclic) bond motifs is 1. The molecule has 0 aliphatic carbocycles. The molecule has 2 aromatic rings. The van der Waals surface area contributed by atoms with Crippen LogP contribution in [0.1, 0.15) is 6.42 Å². The lowest BCUT2D eigenvalue weighted by atomic mass is 10.3. The number of oxazole rings is 1. The van der Waals surface area contributed by atoms with Gasteiger partial charge in [0, 0.05) is 19.8 Å². The third-order valence-electron chi connectivity index (χ3n) is 2.32. The molecular formula is C10H14N4O. The smallest absolute Gasteiger partial charge is 0.248 e. The lowest BCUT2D eigenvalue weighted by Gasteiger charge is -2.18. The zero-order valence-electron chi connectivity index (χ0n) is 8.68. The van der Waals surface area contributed by atoms with E-state index in [1.54, 1.807) is 6.20 Å². The Labute approximate surface area is 87.9 Å². The Balaban J connectivity index is 2.29. The largest absolute Gasteiger partial charge is 0.425 e. The van der Waals surface area contributed by atoms with Gasteiger partial charge in [0.1, 0.15) is 0 Å². The highest BCUT2D eigenvalue weighted by atomic mass is 16.3. The van der Waals surface area contributed by atoms with Crippen molar-refractivity contribution in [1.82, 2.24) is 9.97 Å². The van der Waals surface area contributed by atoms with Gasteiger partial charge < -0.3 is 15.1 Å². The molecule has 0 fully saturated rings. The summed E-state index contributed by atoms with van der Waals surface area (Å²) in [6, 6.07) is 1.93. The predicted molar refractivity (Wildman–Crippen MR) is 58.7 cm³/mol. The number of pyridine rings is 1. The van der Waals surface area contributed by atoms with Crippen LogP contribution in [-0.4, -0.2) is 30.1 Å². The Bertz CT molecular complexity index is 440. The first-order chi connectivity index (χ1) is 7.33. The van der Waals surface area contributed by atoms with E-state index in [2.05, 4.69) is 14.9 Å². The van der Waals surface area contributed by atoms with Gasteiger partial charge in [-0.3, -0.25) is 0 Å². The van der Waals surface area contributed by atoms with E-state index in [1.165, 1.54) is 6.39 Å². The van der Waals surface area contributed by atoms with E-state index >= 15 is 0 Å². The molecular weight excluding hydrogens is 192 g/mol. The molecule has 0 spiro atoms. The van der Waals surface area contributed by atoms with E-state index in [4.69, 9.17) is 10.2 Å². The molecule has 0 atom stereocenters. The van der Waals surface area contributed by atoms with Gasteiger partial charge in [0.15, 0.2) is 11.9 Å². The van der Waals surface area contributed by atoms with E-state index < -0.39 is 0 Å². The highest BCUT2D eigenvalue weighted by Crippen LogP contribution is 2.22. The van der Waals surface area contributed by atoms with Crippen LogP contribution in [0.5, 0.6) is 0 Å². The van der Waals surface area contributed by atoms with E-state index in [9.17, 15) is 0 Å². The maximum atomic E-state index is 5.47. The molecule has 80 valence electrons. The molecule has 0 bridgehead atoms. The molecule has 0 aliphatic heterocycles. The number of rotatable bonds is 4. The summed E-state index contributed by atoms with van der Waals surface area (Å²) in [7, 11) is 2.01. The Hall–Kier alpha value is -1.62. The molecule has 2 aromatic heterocycles. The van der Waals surface area contributed by atoms with Crippen LogP contribution in [0.2, 0.25) is 0 Å². The molecule has 5 heteroatoms. The second kappa shape index (κ2) is 4.27. The van der Waals surface area contributed by atoms with Gasteiger partial charge in [-0.2, -0.15) is 0 Å². The molecule has 0 aromatic carbocycles. The third kappa shape index (κ3) is 1.92. The summed E-state index contributed by atoms with van der Waals surface area (Å²) in [6.07, 6.45) is 4.10. The SMILES string of the molecule is CN(CCCN)c1ccnc2ocnc12. The number of hydrogen-bond donors (Lipinski definition) is 1. The van der Waals surface area contributed by atoms with Crippen LogP contribution in [0.4, 0.5) is 5.69 Å². The number of hydrogen-bond acceptors (Lipinski definition) is 5. The summed E-state index contributed by atoms with van der Waals surface area (Å²) in [5, 5.41) is 0. The van der Waals surface area contributed by atoms with Crippen molar-refractivity contribution in [2.24, 2.45) is 5.73 Å². The van der Waals surface area contributed by atoms with Crippen molar-refractivity contribution in [1.29, 1.82) is 0 Å². The van der Waals surface area contributed by atoms with Gasteiger partial charge in [-0.1, -0.05) is 0 Å². The molecule has 5 nitrogen and oxygen atoms in total. The fourth-order valence-corrected chi connectivity index (χ4v) is 1.52. The van der Waals surface area contributed by atoms with Crippen molar-refractivity contribution in [2.45, 2.75) is 6.42 Å². The van der Waals surface area contributed by atoms with E-state index in [0.717, 1.165) is 24.2 Å². The maximum Gasteiger partial charge on any atom is 0.248 e.